The number of hydrogen-bond acceptors (Lipinski definition) is 2. The van der Waals surface area contributed by atoms with Crippen LogP contribution < -0.4 is 0 Å². The van der Waals surface area contributed by atoms with E-state index in [-0.39, 0.29) is 11.8 Å². The Labute approximate surface area is 142 Å². The van der Waals surface area contributed by atoms with Gasteiger partial charge in [-0.15, -0.1) is 0 Å². The molecule has 0 aliphatic carbocycles. The van der Waals surface area contributed by atoms with Crippen molar-refractivity contribution >= 4 is 11.8 Å². The first-order valence-electron chi connectivity index (χ1n) is 8.19. The molecule has 0 radical (unpaired) electrons. The Kier molecular flexibility index (Phi) is 4.38. The lowest BCUT2D eigenvalue weighted by molar-refractivity contribution is -0.148. The van der Waals surface area contributed by atoms with Gasteiger partial charge in [0.15, 0.2) is 0 Å². The minimum atomic E-state index is -0.754. The second-order valence-electron chi connectivity index (χ2n) is 6.49. The van der Waals surface area contributed by atoms with Crippen molar-refractivity contribution in [3.63, 3.8) is 0 Å². The molecule has 2 amide bonds. The fourth-order valence-electron chi connectivity index (χ4n) is 3.18. The van der Waals surface area contributed by atoms with Crippen LogP contribution in [0.15, 0.2) is 60.7 Å². The molecule has 2 aromatic rings. The predicted molar refractivity (Wildman–Crippen MR) is 93.4 cm³/mol. The molecule has 0 N–H and O–H groups in total. The summed E-state index contributed by atoms with van der Waals surface area (Å²) in [7, 11) is 1.80. The van der Waals surface area contributed by atoms with E-state index in [9.17, 15) is 9.59 Å². The normalized spacial score (nSPS) is 19.5. The van der Waals surface area contributed by atoms with Crippen molar-refractivity contribution in [3.8, 4) is 0 Å². The quantitative estimate of drug-likeness (QED) is 0.868. The van der Waals surface area contributed by atoms with Crippen LogP contribution in [-0.4, -0.2) is 40.7 Å². The van der Waals surface area contributed by atoms with E-state index in [1.807, 2.05) is 55.5 Å². The highest BCUT2D eigenvalue weighted by Crippen LogP contribution is 2.33. The average Bonchev–Trinajstić information content (AvgIpc) is 2.61. The summed E-state index contributed by atoms with van der Waals surface area (Å²) in [6, 6.07) is 19.0. The third-order valence-electron chi connectivity index (χ3n) is 4.75. The van der Waals surface area contributed by atoms with Crippen LogP contribution in [0.25, 0.3) is 0 Å². The molecule has 1 aliphatic heterocycles. The van der Waals surface area contributed by atoms with Crippen molar-refractivity contribution in [2.75, 3.05) is 13.6 Å². The number of amides is 2. The predicted octanol–water partition coefficient (Wildman–Crippen LogP) is 2.95. The highest BCUT2D eigenvalue weighted by Gasteiger charge is 2.50. The molecular weight excluding hydrogens is 300 g/mol. The molecule has 1 unspecified atom stereocenters. The summed E-state index contributed by atoms with van der Waals surface area (Å²) < 4.78 is 0. The number of likely N-dealkylation sites (N-methyl/N-ethyl adjacent to an activating group) is 1. The third-order valence-corrected chi connectivity index (χ3v) is 4.75. The fraction of sp³-hybridized carbons (Fsp3) is 0.300. The minimum absolute atomic E-state index is 0.0121. The molecule has 1 saturated heterocycles. The first-order valence-corrected chi connectivity index (χ1v) is 8.19. The summed E-state index contributed by atoms with van der Waals surface area (Å²) in [5, 5.41) is 0. The van der Waals surface area contributed by atoms with E-state index in [1.165, 1.54) is 0 Å². The zero-order valence-electron chi connectivity index (χ0n) is 14.1. The molecule has 4 heteroatoms. The number of rotatable bonds is 4. The number of carbonyl (C=O) groups is 2. The highest BCUT2D eigenvalue weighted by atomic mass is 16.2. The van der Waals surface area contributed by atoms with E-state index >= 15 is 0 Å². The molecule has 1 heterocycles. The lowest BCUT2D eigenvalue weighted by Gasteiger charge is -2.50. The molecule has 1 fully saturated rings. The van der Waals surface area contributed by atoms with Gasteiger partial charge in [-0.05, 0) is 31.0 Å². The summed E-state index contributed by atoms with van der Waals surface area (Å²) in [6.45, 7) is 3.03. The lowest BCUT2D eigenvalue weighted by atomic mass is 9.84. The van der Waals surface area contributed by atoms with Gasteiger partial charge >= 0.3 is 0 Å². The maximum atomic E-state index is 12.9. The number of nitrogens with zero attached hydrogens (tertiary/aromatic N) is 2. The minimum Gasteiger partial charge on any atom is -0.339 e. The largest absolute Gasteiger partial charge is 0.339 e. The highest BCUT2D eigenvalue weighted by molar-refractivity contribution is 6.00. The van der Waals surface area contributed by atoms with Gasteiger partial charge in [0.2, 0.25) is 5.91 Å². The lowest BCUT2D eigenvalue weighted by Crippen LogP contribution is -2.67. The van der Waals surface area contributed by atoms with E-state index in [1.54, 1.807) is 29.0 Å². The first-order chi connectivity index (χ1) is 11.5. The number of hydrogen-bond donors (Lipinski definition) is 0. The monoisotopic (exact) mass is 322 g/mol. The molecule has 0 aromatic heterocycles. The standard InChI is InChI=1S/C20H22N2O2/c1-20(19(24)21(2)15-16-9-5-3-6-10-16)13-14-22(20)18(23)17-11-7-4-8-12-17/h3-12H,13-15H2,1-2H3. The van der Waals surface area contributed by atoms with Crippen LogP contribution in [-0.2, 0) is 11.3 Å². The van der Waals surface area contributed by atoms with Crippen LogP contribution >= 0.6 is 0 Å². The maximum Gasteiger partial charge on any atom is 0.254 e. The summed E-state index contributed by atoms with van der Waals surface area (Å²) in [5.41, 5.74) is 0.954. The molecule has 1 aliphatic rings. The smallest absolute Gasteiger partial charge is 0.254 e. The zero-order valence-corrected chi connectivity index (χ0v) is 14.1. The Balaban J connectivity index is 1.73. The van der Waals surface area contributed by atoms with Crippen LogP contribution in [0.2, 0.25) is 0 Å². The molecule has 2 aromatic carbocycles. The van der Waals surface area contributed by atoms with Gasteiger partial charge in [-0.3, -0.25) is 9.59 Å². The topological polar surface area (TPSA) is 40.6 Å². The van der Waals surface area contributed by atoms with Gasteiger partial charge in [-0.2, -0.15) is 0 Å². The first kappa shape index (κ1) is 16.2. The van der Waals surface area contributed by atoms with Crippen LogP contribution in [0.1, 0.15) is 29.3 Å². The Morgan fingerprint density at radius 3 is 2.17 bits per heavy atom. The third kappa shape index (κ3) is 2.92. The van der Waals surface area contributed by atoms with Crippen molar-refractivity contribution in [2.24, 2.45) is 0 Å². The van der Waals surface area contributed by atoms with Crippen LogP contribution in [0.5, 0.6) is 0 Å². The summed E-state index contributed by atoms with van der Waals surface area (Å²) in [6.07, 6.45) is 0.698. The van der Waals surface area contributed by atoms with Crippen molar-refractivity contribution in [2.45, 2.75) is 25.4 Å². The average molecular weight is 322 g/mol. The fourth-order valence-corrected chi connectivity index (χ4v) is 3.18. The van der Waals surface area contributed by atoms with Crippen molar-refractivity contribution in [1.82, 2.24) is 9.80 Å². The molecule has 0 bridgehead atoms. The summed E-state index contributed by atoms with van der Waals surface area (Å²) >= 11 is 0. The number of likely N-dealkylation sites (tertiary alicyclic amines) is 1. The molecule has 4 nitrogen and oxygen atoms in total. The number of benzene rings is 2. The van der Waals surface area contributed by atoms with E-state index in [0.717, 1.165) is 5.56 Å². The summed E-state index contributed by atoms with van der Waals surface area (Å²) in [5.74, 6) is -0.0901. The van der Waals surface area contributed by atoms with Crippen molar-refractivity contribution in [3.05, 3.63) is 71.8 Å². The second kappa shape index (κ2) is 6.48. The Morgan fingerprint density at radius 2 is 1.62 bits per heavy atom. The van der Waals surface area contributed by atoms with Crippen LogP contribution in [0, 0.1) is 0 Å². The molecule has 0 saturated carbocycles. The Morgan fingerprint density at radius 1 is 1.04 bits per heavy atom. The maximum absolute atomic E-state index is 12.9. The van der Waals surface area contributed by atoms with Gasteiger partial charge in [-0.25, -0.2) is 0 Å². The zero-order chi connectivity index (χ0) is 17.2. The van der Waals surface area contributed by atoms with Gasteiger partial charge in [0.25, 0.3) is 5.91 Å². The molecule has 24 heavy (non-hydrogen) atoms. The van der Waals surface area contributed by atoms with Crippen LogP contribution in [0.4, 0.5) is 0 Å². The summed E-state index contributed by atoms with van der Waals surface area (Å²) in [4.78, 5) is 29.0. The van der Waals surface area contributed by atoms with Gasteiger partial charge in [0.05, 0.1) is 0 Å². The molecule has 3 rings (SSSR count). The van der Waals surface area contributed by atoms with Crippen molar-refractivity contribution in [1.29, 1.82) is 0 Å². The molecule has 1 atom stereocenters. The van der Waals surface area contributed by atoms with Crippen molar-refractivity contribution < 1.29 is 9.59 Å². The SMILES string of the molecule is CN(Cc1ccccc1)C(=O)C1(C)CCN1C(=O)c1ccccc1. The van der Waals surface area contributed by atoms with Gasteiger partial charge in [0, 0.05) is 25.7 Å². The molecule has 0 spiro atoms. The van der Waals surface area contributed by atoms with E-state index < -0.39 is 5.54 Å². The van der Waals surface area contributed by atoms with E-state index in [2.05, 4.69) is 0 Å². The second-order valence-corrected chi connectivity index (χ2v) is 6.49. The van der Waals surface area contributed by atoms with Gasteiger partial charge in [-0.1, -0.05) is 48.5 Å². The van der Waals surface area contributed by atoms with Gasteiger partial charge < -0.3 is 9.80 Å². The molecular formula is C20H22N2O2. The van der Waals surface area contributed by atoms with Gasteiger partial charge in [0.1, 0.15) is 5.54 Å². The van der Waals surface area contributed by atoms with Crippen LogP contribution in [0.3, 0.4) is 0 Å². The molecule has 124 valence electrons. The number of carbonyl (C=O) groups excluding carboxylic acids is 2. The Hall–Kier alpha value is -2.62. The van der Waals surface area contributed by atoms with E-state index in [0.29, 0.717) is 25.1 Å². The van der Waals surface area contributed by atoms with E-state index in [4.69, 9.17) is 0 Å². The Bertz CT molecular complexity index is 730.